The van der Waals surface area contributed by atoms with E-state index in [9.17, 15) is 13.2 Å². The molecule has 1 amide bonds. The molecular weight excluding hydrogens is 354 g/mol. The van der Waals surface area contributed by atoms with Crippen molar-refractivity contribution in [3.63, 3.8) is 0 Å². The van der Waals surface area contributed by atoms with E-state index in [0.717, 1.165) is 71.5 Å². The van der Waals surface area contributed by atoms with Crippen LogP contribution in [0.15, 0.2) is 0 Å². The molecular formula is C18H33N3O4S. The first-order valence-corrected chi connectivity index (χ1v) is 11.7. The van der Waals surface area contributed by atoms with Crippen molar-refractivity contribution in [3.8, 4) is 0 Å². The van der Waals surface area contributed by atoms with Gasteiger partial charge in [0, 0.05) is 51.2 Å². The van der Waals surface area contributed by atoms with Crippen molar-refractivity contribution in [2.75, 3.05) is 58.2 Å². The third-order valence-electron chi connectivity index (χ3n) is 6.04. The van der Waals surface area contributed by atoms with Crippen LogP contribution in [0.5, 0.6) is 0 Å². The van der Waals surface area contributed by atoms with Crippen LogP contribution < -0.4 is 0 Å². The Morgan fingerprint density at radius 3 is 2.50 bits per heavy atom. The minimum absolute atomic E-state index is 0.0362. The van der Waals surface area contributed by atoms with E-state index in [-0.39, 0.29) is 23.6 Å². The molecule has 3 rings (SSSR count). The highest BCUT2D eigenvalue weighted by atomic mass is 32.2. The zero-order valence-electron chi connectivity index (χ0n) is 15.9. The molecule has 3 aliphatic rings. The lowest BCUT2D eigenvalue weighted by Crippen LogP contribution is -2.48. The number of amides is 1. The normalized spacial score (nSPS) is 26.0. The molecule has 0 N–H and O–H groups in total. The Morgan fingerprint density at radius 2 is 1.88 bits per heavy atom. The maximum atomic E-state index is 12.9. The van der Waals surface area contributed by atoms with E-state index < -0.39 is 10.0 Å². The van der Waals surface area contributed by atoms with Crippen molar-refractivity contribution in [1.82, 2.24) is 14.1 Å². The summed E-state index contributed by atoms with van der Waals surface area (Å²) in [6, 6.07) is 0.0362. The second-order valence-electron chi connectivity index (χ2n) is 7.67. The van der Waals surface area contributed by atoms with Crippen LogP contribution in [0.1, 0.15) is 39.0 Å². The fourth-order valence-corrected chi connectivity index (χ4v) is 5.20. The minimum atomic E-state index is -3.17. The maximum Gasteiger partial charge on any atom is 0.225 e. The maximum absolute atomic E-state index is 12.9. The van der Waals surface area contributed by atoms with Crippen LogP contribution >= 0.6 is 0 Å². The number of carbonyl (C=O) groups excluding carboxylic acids is 1. The van der Waals surface area contributed by atoms with Gasteiger partial charge in [0.1, 0.15) is 0 Å². The number of hydrogen-bond donors (Lipinski definition) is 0. The molecule has 150 valence electrons. The number of carbonyl (C=O) groups is 1. The third-order valence-corrected chi connectivity index (χ3v) is 7.89. The Labute approximate surface area is 157 Å². The summed E-state index contributed by atoms with van der Waals surface area (Å²) in [6.07, 6.45) is 4.81. The quantitative estimate of drug-likeness (QED) is 0.615. The molecule has 2 aliphatic heterocycles. The van der Waals surface area contributed by atoms with Gasteiger partial charge in [-0.05, 0) is 32.6 Å². The lowest BCUT2D eigenvalue weighted by Gasteiger charge is -2.36. The molecule has 7 nitrogen and oxygen atoms in total. The first-order valence-electron chi connectivity index (χ1n) is 10.1. The van der Waals surface area contributed by atoms with Crippen molar-refractivity contribution in [2.24, 2.45) is 5.92 Å². The highest BCUT2D eigenvalue weighted by Gasteiger charge is 2.38. The largest absolute Gasteiger partial charge is 0.379 e. The molecule has 1 aliphatic carbocycles. The number of morpholine rings is 1. The highest BCUT2D eigenvalue weighted by Crippen LogP contribution is 2.30. The molecule has 3 fully saturated rings. The van der Waals surface area contributed by atoms with Crippen LogP contribution in [-0.4, -0.2) is 92.7 Å². The van der Waals surface area contributed by atoms with E-state index >= 15 is 0 Å². The number of hydrogen-bond acceptors (Lipinski definition) is 5. The average Bonchev–Trinajstić information content (AvgIpc) is 3.08. The van der Waals surface area contributed by atoms with Gasteiger partial charge in [-0.2, -0.15) is 4.31 Å². The molecule has 1 atom stereocenters. The summed E-state index contributed by atoms with van der Waals surface area (Å²) in [5, 5.41) is 0. The summed E-state index contributed by atoms with van der Waals surface area (Å²) < 4.78 is 31.3. The smallest absolute Gasteiger partial charge is 0.225 e. The van der Waals surface area contributed by atoms with Gasteiger partial charge in [-0.15, -0.1) is 0 Å². The van der Waals surface area contributed by atoms with Crippen molar-refractivity contribution >= 4 is 15.9 Å². The summed E-state index contributed by atoms with van der Waals surface area (Å²) in [5.74, 6) is 0.544. The number of sulfonamides is 1. The molecule has 8 heteroatoms. The molecule has 0 bridgehead atoms. The Hall–Kier alpha value is -0.700. The van der Waals surface area contributed by atoms with Crippen LogP contribution in [0, 0.1) is 5.92 Å². The molecule has 0 radical (unpaired) electrons. The SMILES string of the molecule is CCS(=O)(=O)N1CCC(N(CCCN2CCOCC2)C(=O)C2CCC2)C1. The predicted octanol–water partition coefficient (Wildman–Crippen LogP) is 0.761. The number of rotatable bonds is 8. The standard InChI is InChI=1S/C18H33N3O4S/c1-2-26(23,24)20-10-7-17(15-20)21(18(22)16-5-3-6-16)9-4-8-19-11-13-25-14-12-19/h16-17H,2-15H2,1H3. The van der Waals surface area contributed by atoms with Gasteiger partial charge in [-0.3, -0.25) is 9.69 Å². The fourth-order valence-electron chi connectivity index (χ4n) is 4.05. The molecule has 0 spiro atoms. The second-order valence-corrected chi connectivity index (χ2v) is 9.93. The highest BCUT2D eigenvalue weighted by molar-refractivity contribution is 7.89. The Balaban J connectivity index is 1.57. The molecule has 0 aromatic carbocycles. The van der Waals surface area contributed by atoms with Gasteiger partial charge >= 0.3 is 0 Å². The van der Waals surface area contributed by atoms with Gasteiger partial charge in [0.25, 0.3) is 0 Å². The van der Waals surface area contributed by atoms with Gasteiger partial charge in [0.05, 0.1) is 19.0 Å². The lowest BCUT2D eigenvalue weighted by molar-refractivity contribution is -0.140. The Morgan fingerprint density at radius 1 is 1.15 bits per heavy atom. The van der Waals surface area contributed by atoms with E-state index in [1.807, 2.05) is 4.90 Å². The second kappa shape index (κ2) is 8.99. The lowest BCUT2D eigenvalue weighted by atomic mass is 9.84. The van der Waals surface area contributed by atoms with Crippen LogP contribution in [0.4, 0.5) is 0 Å². The van der Waals surface area contributed by atoms with Gasteiger partial charge < -0.3 is 9.64 Å². The number of nitrogens with zero attached hydrogens (tertiary/aromatic N) is 3. The van der Waals surface area contributed by atoms with Crippen molar-refractivity contribution in [1.29, 1.82) is 0 Å². The minimum Gasteiger partial charge on any atom is -0.379 e. The summed E-state index contributed by atoms with van der Waals surface area (Å²) >= 11 is 0. The molecule has 0 aromatic heterocycles. The number of ether oxygens (including phenoxy) is 1. The van der Waals surface area contributed by atoms with E-state index in [0.29, 0.717) is 13.1 Å². The zero-order chi connectivity index (χ0) is 18.6. The van der Waals surface area contributed by atoms with Crippen LogP contribution in [0.3, 0.4) is 0 Å². The summed E-state index contributed by atoms with van der Waals surface area (Å²) in [6.45, 7) is 7.89. The zero-order valence-corrected chi connectivity index (χ0v) is 16.8. The topological polar surface area (TPSA) is 70.2 Å². The van der Waals surface area contributed by atoms with Crippen LogP contribution in [-0.2, 0) is 19.6 Å². The Bertz CT molecular complexity index is 573. The first-order chi connectivity index (χ1) is 12.5. The van der Waals surface area contributed by atoms with Gasteiger partial charge in [-0.1, -0.05) is 6.42 Å². The fraction of sp³-hybridized carbons (Fsp3) is 0.944. The molecule has 26 heavy (non-hydrogen) atoms. The van der Waals surface area contributed by atoms with Gasteiger partial charge in [0.15, 0.2) is 0 Å². The van der Waals surface area contributed by atoms with E-state index in [2.05, 4.69) is 4.90 Å². The van der Waals surface area contributed by atoms with Crippen LogP contribution in [0.2, 0.25) is 0 Å². The average molecular weight is 388 g/mol. The molecule has 2 heterocycles. The van der Waals surface area contributed by atoms with E-state index in [4.69, 9.17) is 4.74 Å². The summed E-state index contributed by atoms with van der Waals surface area (Å²) in [7, 11) is -3.17. The van der Waals surface area contributed by atoms with Crippen molar-refractivity contribution in [2.45, 2.75) is 45.1 Å². The van der Waals surface area contributed by atoms with Gasteiger partial charge in [-0.25, -0.2) is 8.42 Å². The molecule has 2 saturated heterocycles. The summed E-state index contributed by atoms with van der Waals surface area (Å²) in [5.41, 5.74) is 0. The van der Waals surface area contributed by atoms with Crippen LogP contribution in [0.25, 0.3) is 0 Å². The molecule has 1 unspecified atom stereocenters. The third kappa shape index (κ3) is 4.77. The molecule has 1 saturated carbocycles. The predicted molar refractivity (Wildman–Crippen MR) is 100 cm³/mol. The van der Waals surface area contributed by atoms with Crippen molar-refractivity contribution < 1.29 is 17.9 Å². The Kier molecular flexibility index (Phi) is 6.93. The first kappa shape index (κ1) is 20.0. The van der Waals surface area contributed by atoms with Gasteiger partial charge in [0.2, 0.25) is 15.9 Å². The molecule has 0 aromatic rings. The summed E-state index contributed by atoms with van der Waals surface area (Å²) in [4.78, 5) is 17.3. The van der Waals surface area contributed by atoms with E-state index in [1.165, 1.54) is 0 Å². The van der Waals surface area contributed by atoms with Crippen molar-refractivity contribution in [3.05, 3.63) is 0 Å². The van der Waals surface area contributed by atoms with E-state index in [1.54, 1.807) is 11.2 Å². The monoisotopic (exact) mass is 387 g/mol.